The fourth-order valence-electron chi connectivity index (χ4n) is 3.34. The molecule has 0 spiro atoms. The Kier molecular flexibility index (Phi) is 7.02. The van der Waals surface area contributed by atoms with Gasteiger partial charge in [-0.15, -0.1) is 0 Å². The normalized spacial score (nSPS) is 13.2. The number of pyridine rings is 1. The van der Waals surface area contributed by atoms with Crippen molar-refractivity contribution in [1.82, 2.24) is 10.3 Å². The first-order valence-corrected chi connectivity index (χ1v) is 10.8. The lowest BCUT2D eigenvalue weighted by atomic mass is 10.1. The Morgan fingerprint density at radius 2 is 1.94 bits per heavy atom. The van der Waals surface area contributed by atoms with E-state index in [-0.39, 0.29) is 17.1 Å². The molecule has 2 aromatic carbocycles. The monoisotopic (exact) mass is 488 g/mol. The van der Waals surface area contributed by atoms with Crippen molar-refractivity contribution in [1.29, 1.82) is 0 Å². The predicted octanol–water partition coefficient (Wildman–Crippen LogP) is 5.47. The van der Waals surface area contributed by atoms with Gasteiger partial charge in [0.1, 0.15) is 23.0 Å². The molecule has 0 fully saturated rings. The van der Waals surface area contributed by atoms with E-state index in [1.54, 1.807) is 36.5 Å². The minimum absolute atomic E-state index is 0.0345. The molecule has 1 aliphatic rings. The quantitative estimate of drug-likeness (QED) is 0.462. The van der Waals surface area contributed by atoms with Crippen molar-refractivity contribution in [2.75, 3.05) is 18.4 Å². The summed E-state index contributed by atoms with van der Waals surface area (Å²) in [5.74, 6) is 1.45. The molecular formula is C24H20ClF3N4O2. The number of anilines is 1. The number of aliphatic imine (C=N–C) groups is 1. The third-order valence-electron chi connectivity index (χ3n) is 4.99. The van der Waals surface area contributed by atoms with E-state index in [9.17, 15) is 18.0 Å². The number of ether oxygens (including phenoxy) is 1. The molecule has 6 nitrogen and oxygen atoms in total. The van der Waals surface area contributed by atoms with E-state index in [1.807, 2.05) is 6.07 Å². The molecule has 3 aromatic rings. The maximum atomic E-state index is 12.9. The van der Waals surface area contributed by atoms with Crippen LogP contribution in [0, 0.1) is 0 Å². The molecule has 4 rings (SSSR count). The Labute approximate surface area is 198 Å². The molecule has 0 radical (unpaired) electrons. The van der Waals surface area contributed by atoms with Gasteiger partial charge in [-0.05, 0) is 48.4 Å². The van der Waals surface area contributed by atoms with Gasteiger partial charge in [-0.25, -0.2) is 0 Å². The van der Waals surface area contributed by atoms with Gasteiger partial charge in [0.15, 0.2) is 0 Å². The molecule has 10 heteroatoms. The third kappa shape index (κ3) is 6.05. The van der Waals surface area contributed by atoms with Crippen LogP contribution in [0.15, 0.2) is 65.8 Å². The van der Waals surface area contributed by atoms with Gasteiger partial charge in [0.05, 0.1) is 22.8 Å². The van der Waals surface area contributed by atoms with E-state index in [0.717, 1.165) is 36.1 Å². The number of hydrogen-bond acceptors (Lipinski definition) is 5. The number of aromatic nitrogens is 1. The van der Waals surface area contributed by atoms with Crippen molar-refractivity contribution < 1.29 is 22.7 Å². The number of nitrogens with zero attached hydrogens (tertiary/aromatic N) is 2. The average Bonchev–Trinajstić information content (AvgIpc) is 3.34. The topological polar surface area (TPSA) is 75.6 Å². The standard InChI is InChI=1S/C24H20ClF3N4O2/c25-19-6-5-16(24(26,27)28)13-20(19)32-22(33)7-4-15-2-1-3-17(12-15)34-18-8-9-29-21(14-18)23-30-10-11-31-23/h1-3,5-6,8-9,12-14H,4,7,10-11H2,(H,30,31)(H,32,33). The number of hydrogen-bond donors (Lipinski definition) is 2. The van der Waals surface area contributed by atoms with Crippen LogP contribution in [0.3, 0.4) is 0 Å². The van der Waals surface area contributed by atoms with Gasteiger partial charge < -0.3 is 15.4 Å². The van der Waals surface area contributed by atoms with Crippen LogP contribution in [0.1, 0.15) is 23.2 Å². The zero-order valence-corrected chi connectivity index (χ0v) is 18.6. The van der Waals surface area contributed by atoms with Crippen LogP contribution in [0.4, 0.5) is 18.9 Å². The van der Waals surface area contributed by atoms with Crippen molar-refractivity contribution in [3.63, 3.8) is 0 Å². The Morgan fingerprint density at radius 1 is 1.12 bits per heavy atom. The highest BCUT2D eigenvalue weighted by Gasteiger charge is 2.31. The second kappa shape index (κ2) is 10.1. The molecule has 0 saturated carbocycles. The summed E-state index contributed by atoms with van der Waals surface area (Å²) in [5.41, 5.74) is 0.565. The summed E-state index contributed by atoms with van der Waals surface area (Å²) in [6.45, 7) is 1.48. The molecule has 0 unspecified atom stereocenters. The lowest BCUT2D eigenvalue weighted by molar-refractivity contribution is -0.137. The van der Waals surface area contributed by atoms with E-state index >= 15 is 0 Å². The molecular weight excluding hydrogens is 469 g/mol. The second-order valence-corrected chi connectivity index (χ2v) is 7.93. The summed E-state index contributed by atoms with van der Waals surface area (Å²) in [7, 11) is 0. The highest BCUT2D eigenvalue weighted by atomic mass is 35.5. The summed E-state index contributed by atoms with van der Waals surface area (Å²) in [6.07, 6.45) is -2.47. The van der Waals surface area contributed by atoms with Gasteiger partial charge in [-0.3, -0.25) is 14.8 Å². The van der Waals surface area contributed by atoms with Crippen LogP contribution in [0.25, 0.3) is 0 Å². The van der Waals surface area contributed by atoms with E-state index in [4.69, 9.17) is 16.3 Å². The van der Waals surface area contributed by atoms with Crippen LogP contribution in [-0.4, -0.2) is 29.8 Å². The maximum absolute atomic E-state index is 12.9. The minimum Gasteiger partial charge on any atom is -0.457 e. The van der Waals surface area contributed by atoms with Gasteiger partial charge >= 0.3 is 6.18 Å². The van der Waals surface area contributed by atoms with Crippen molar-refractivity contribution >= 4 is 29.0 Å². The van der Waals surface area contributed by atoms with Gasteiger partial charge in [0.25, 0.3) is 0 Å². The Morgan fingerprint density at radius 3 is 2.71 bits per heavy atom. The summed E-state index contributed by atoms with van der Waals surface area (Å²) >= 11 is 5.94. The zero-order chi connectivity index (χ0) is 24.1. The summed E-state index contributed by atoms with van der Waals surface area (Å²) in [5, 5.41) is 5.65. The van der Waals surface area contributed by atoms with Crippen LogP contribution in [0.5, 0.6) is 11.5 Å². The Balaban J connectivity index is 1.37. The molecule has 0 aliphatic carbocycles. The Hall–Kier alpha value is -3.59. The first-order valence-electron chi connectivity index (χ1n) is 10.5. The van der Waals surface area contributed by atoms with Gasteiger partial charge in [0, 0.05) is 25.2 Å². The smallest absolute Gasteiger partial charge is 0.416 e. The first kappa shape index (κ1) is 23.6. The van der Waals surface area contributed by atoms with Gasteiger partial charge in [-0.2, -0.15) is 13.2 Å². The lowest BCUT2D eigenvalue weighted by Crippen LogP contribution is -2.20. The third-order valence-corrected chi connectivity index (χ3v) is 5.32. The van der Waals surface area contributed by atoms with E-state index in [1.165, 1.54) is 0 Å². The van der Waals surface area contributed by atoms with Crippen LogP contribution < -0.4 is 15.4 Å². The molecule has 0 saturated heterocycles. The Bertz CT molecular complexity index is 1230. The molecule has 34 heavy (non-hydrogen) atoms. The number of carbonyl (C=O) groups is 1. The van der Waals surface area contributed by atoms with Gasteiger partial charge in [0.2, 0.25) is 5.91 Å². The van der Waals surface area contributed by atoms with Crippen molar-refractivity contribution in [2.45, 2.75) is 19.0 Å². The van der Waals surface area contributed by atoms with Crippen LogP contribution in [0.2, 0.25) is 5.02 Å². The zero-order valence-electron chi connectivity index (χ0n) is 17.8. The number of aryl methyl sites for hydroxylation is 1. The number of carbonyl (C=O) groups excluding carboxylic acids is 1. The molecule has 0 atom stereocenters. The van der Waals surface area contributed by atoms with Crippen molar-refractivity contribution in [3.05, 3.63) is 82.6 Å². The maximum Gasteiger partial charge on any atom is 0.416 e. The van der Waals surface area contributed by atoms with Crippen LogP contribution >= 0.6 is 11.6 Å². The molecule has 2 N–H and O–H groups in total. The fourth-order valence-corrected chi connectivity index (χ4v) is 3.51. The van der Waals surface area contributed by atoms with Gasteiger partial charge in [-0.1, -0.05) is 23.7 Å². The molecule has 1 amide bonds. The number of benzene rings is 2. The molecule has 1 aromatic heterocycles. The highest BCUT2D eigenvalue weighted by molar-refractivity contribution is 6.33. The molecule has 176 valence electrons. The highest BCUT2D eigenvalue weighted by Crippen LogP contribution is 2.34. The van der Waals surface area contributed by atoms with Crippen molar-refractivity contribution in [3.8, 4) is 11.5 Å². The average molecular weight is 489 g/mol. The number of rotatable bonds is 7. The summed E-state index contributed by atoms with van der Waals surface area (Å²) < 4.78 is 44.7. The number of alkyl halides is 3. The largest absolute Gasteiger partial charge is 0.457 e. The molecule has 2 heterocycles. The number of halogens is 4. The predicted molar refractivity (Wildman–Crippen MR) is 124 cm³/mol. The van der Waals surface area contributed by atoms with E-state index in [0.29, 0.717) is 30.2 Å². The summed E-state index contributed by atoms with van der Waals surface area (Å²) in [6, 6.07) is 13.6. The van der Waals surface area contributed by atoms with E-state index in [2.05, 4.69) is 20.6 Å². The lowest BCUT2D eigenvalue weighted by Gasteiger charge is -2.12. The number of amidine groups is 1. The number of amides is 1. The second-order valence-electron chi connectivity index (χ2n) is 7.52. The molecule has 0 bridgehead atoms. The first-order chi connectivity index (χ1) is 16.3. The van der Waals surface area contributed by atoms with Crippen LogP contribution in [-0.2, 0) is 17.4 Å². The van der Waals surface area contributed by atoms with E-state index < -0.39 is 17.6 Å². The van der Waals surface area contributed by atoms with Crippen molar-refractivity contribution in [2.24, 2.45) is 4.99 Å². The SMILES string of the molecule is O=C(CCc1cccc(Oc2ccnc(C3=NCCN3)c2)c1)Nc1cc(C(F)(F)F)ccc1Cl. The number of nitrogens with one attached hydrogen (secondary N) is 2. The summed E-state index contributed by atoms with van der Waals surface area (Å²) in [4.78, 5) is 21.0. The minimum atomic E-state index is -4.53. The fraction of sp³-hybridized carbons (Fsp3) is 0.208. The molecule has 1 aliphatic heterocycles.